The van der Waals surface area contributed by atoms with E-state index in [4.69, 9.17) is 0 Å². The molecule has 1 heterocycles. The van der Waals surface area contributed by atoms with E-state index >= 15 is 0 Å². The molecule has 6 nitrogen and oxygen atoms in total. The SMILES string of the molecule is CPN1C(=O)[NH2+]C(=O)N=C1C(=O)I. The Morgan fingerprint density at radius 3 is 2.69 bits per heavy atom. The summed E-state index contributed by atoms with van der Waals surface area (Å²) in [5.74, 6) is -0.0704. The van der Waals surface area contributed by atoms with Crippen LogP contribution in [0.3, 0.4) is 0 Å². The summed E-state index contributed by atoms with van der Waals surface area (Å²) in [6, 6.07) is -1.14. The van der Waals surface area contributed by atoms with Crippen LogP contribution in [0.2, 0.25) is 0 Å². The van der Waals surface area contributed by atoms with E-state index < -0.39 is 15.9 Å². The zero-order valence-electron chi connectivity index (χ0n) is 6.57. The first-order valence-electron chi connectivity index (χ1n) is 3.25. The lowest BCUT2D eigenvalue weighted by atomic mass is 10.6. The molecule has 1 atom stereocenters. The van der Waals surface area contributed by atoms with Gasteiger partial charge in [-0.1, -0.05) is 0 Å². The molecular weight excluding hydrogens is 308 g/mol. The fraction of sp³-hybridized carbons (Fsp3) is 0.200. The first-order valence-corrected chi connectivity index (χ1v) is 5.77. The van der Waals surface area contributed by atoms with E-state index in [1.807, 2.05) is 0 Å². The van der Waals surface area contributed by atoms with Gasteiger partial charge in [-0.3, -0.25) is 4.79 Å². The van der Waals surface area contributed by atoms with Gasteiger partial charge in [0.1, 0.15) is 0 Å². The second-order valence-electron chi connectivity index (χ2n) is 2.09. The van der Waals surface area contributed by atoms with Crippen LogP contribution in [0.25, 0.3) is 0 Å². The Kier molecular flexibility index (Phi) is 3.46. The summed E-state index contributed by atoms with van der Waals surface area (Å²) in [7, 11) is 0.0940. The average molecular weight is 314 g/mol. The molecular formula is C5H6IN3O3P+. The van der Waals surface area contributed by atoms with Gasteiger partial charge >= 0.3 is 12.1 Å². The smallest absolute Gasteiger partial charge is 0.279 e. The first kappa shape index (κ1) is 10.7. The predicted octanol–water partition coefficient (Wildman–Crippen LogP) is -0.311. The lowest BCUT2D eigenvalue weighted by molar-refractivity contribution is -0.453. The topological polar surface area (TPSA) is 83.4 Å². The van der Waals surface area contributed by atoms with Crippen LogP contribution in [0.5, 0.6) is 0 Å². The van der Waals surface area contributed by atoms with Crippen LogP contribution in [0, 0.1) is 0 Å². The van der Waals surface area contributed by atoms with Gasteiger partial charge in [0.25, 0.3) is 3.79 Å². The van der Waals surface area contributed by atoms with E-state index in [2.05, 4.69) is 4.99 Å². The molecule has 0 aromatic rings. The molecule has 0 fully saturated rings. The molecule has 0 spiro atoms. The zero-order chi connectivity index (χ0) is 10.0. The molecule has 0 bridgehead atoms. The molecule has 8 heteroatoms. The van der Waals surface area contributed by atoms with Crippen molar-refractivity contribution < 1.29 is 19.7 Å². The molecule has 4 amide bonds. The van der Waals surface area contributed by atoms with Gasteiger partial charge in [0.05, 0.1) is 0 Å². The highest BCUT2D eigenvalue weighted by Crippen LogP contribution is 2.16. The Hall–Kier alpha value is -0.400. The molecule has 0 radical (unpaired) electrons. The number of carbonyl (C=O) groups is 3. The molecule has 0 saturated heterocycles. The standard InChI is InChI=1S/C5H5IN3O3P/c1-13-9-3(2(6)10)7-4(11)8-5(9)12/h13H,1H3,(H,8,11,12)/p+1. The second kappa shape index (κ2) is 4.21. The number of hydrogen-bond acceptors (Lipinski definition) is 3. The van der Waals surface area contributed by atoms with Crippen LogP contribution in [0.4, 0.5) is 9.59 Å². The highest BCUT2D eigenvalue weighted by atomic mass is 127. The summed E-state index contributed by atoms with van der Waals surface area (Å²) in [6.45, 7) is 1.73. The van der Waals surface area contributed by atoms with Gasteiger partial charge in [-0.15, -0.1) is 4.99 Å². The highest BCUT2D eigenvalue weighted by Gasteiger charge is 2.33. The number of amides is 4. The largest absolute Gasteiger partial charge is 0.450 e. The number of carbonyl (C=O) groups excluding carboxylic acids is 3. The van der Waals surface area contributed by atoms with E-state index in [0.29, 0.717) is 0 Å². The molecule has 1 rings (SSSR count). The molecule has 1 aliphatic rings. The fourth-order valence-corrected chi connectivity index (χ4v) is 2.05. The van der Waals surface area contributed by atoms with Crippen molar-refractivity contribution in [1.29, 1.82) is 0 Å². The van der Waals surface area contributed by atoms with Crippen molar-refractivity contribution in [2.45, 2.75) is 0 Å². The van der Waals surface area contributed by atoms with Crippen LogP contribution < -0.4 is 5.32 Å². The van der Waals surface area contributed by atoms with Crippen molar-refractivity contribution in [3.63, 3.8) is 0 Å². The van der Waals surface area contributed by atoms with E-state index in [9.17, 15) is 14.4 Å². The molecule has 1 unspecified atom stereocenters. The van der Waals surface area contributed by atoms with Crippen LogP contribution >= 0.6 is 31.3 Å². The predicted molar refractivity (Wildman–Crippen MR) is 55.3 cm³/mol. The first-order chi connectivity index (χ1) is 6.06. The Morgan fingerprint density at radius 2 is 2.23 bits per heavy atom. The molecule has 2 N–H and O–H groups in total. The number of primary amides is 2. The third kappa shape index (κ3) is 2.29. The van der Waals surface area contributed by atoms with Crippen molar-refractivity contribution >= 4 is 53.0 Å². The van der Waals surface area contributed by atoms with Gasteiger partial charge in [-0.05, 0) is 15.4 Å². The maximum atomic E-state index is 11.2. The summed E-state index contributed by atoms with van der Waals surface area (Å²) in [5, 5.41) is 0.875. The van der Waals surface area contributed by atoms with E-state index in [-0.39, 0.29) is 14.6 Å². The Labute approximate surface area is 89.1 Å². The van der Waals surface area contributed by atoms with Crippen LogP contribution in [-0.4, -0.2) is 33.0 Å². The number of amidine groups is 1. The van der Waals surface area contributed by atoms with Crippen molar-refractivity contribution in [2.75, 3.05) is 6.66 Å². The van der Waals surface area contributed by atoms with Gasteiger partial charge < -0.3 is 0 Å². The summed E-state index contributed by atoms with van der Waals surface area (Å²) < 4.78 is 0.789. The van der Waals surface area contributed by atoms with Crippen molar-refractivity contribution in [3.8, 4) is 0 Å². The number of hydrogen-bond donors (Lipinski definition) is 1. The minimum Gasteiger partial charge on any atom is -0.279 e. The summed E-state index contributed by atoms with van der Waals surface area (Å²) in [6.07, 6.45) is 0. The summed E-state index contributed by atoms with van der Waals surface area (Å²) in [5.41, 5.74) is 0. The lowest BCUT2D eigenvalue weighted by Crippen LogP contribution is -2.94. The molecule has 0 saturated carbocycles. The highest BCUT2D eigenvalue weighted by molar-refractivity contribution is 14.1. The number of halogens is 1. The Bertz CT molecular complexity index is 316. The molecule has 70 valence electrons. The number of urea groups is 2. The molecule has 1 aliphatic heterocycles. The van der Waals surface area contributed by atoms with Crippen molar-refractivity contribution in [1.82, 2.24) is 4.67 Å². The number of nitrogens with two attached hydrogens (primary N) is 1. The number of aliphatic imine (C=N–C) groups is 1. The quantitative estimate of drug-likeness (QED) is 0.431. The normalized spacial score (nSPS) is 18.3. The molecule has 0 aromatic heterocycles. The van der Waals surface area contributed by atoms with Crippen LogP contribution in [0.1, 0.15) is 0 Å². The van der Waals surface area contributed by atoms with Gasteiger partial charge in [-0.2, -0.15) is 5.32 Å². The van der Waals surface area contributed by atoms with E-state index in [0.717, 1.165) is 5.32 Å². The Morgan fingerprint density at radius 1 is 1.62 bits per heavy atom. The van der Waals surface area contributed by atoms with E-state index in [1.165, 1.54) is 27.3 Å². The number of imide groups is 1. The Balaban J connectivity index is 3.05. The number of quaternary nitrogens is 1. The minimum atomic E-state index is -0.667. The zero-order valence-corrected chi connectivity index (χ0v) is 9.73. The average Bonchev–Trinajstić information content (AvgIpc) is 2.02. The molecule has 13 heavy (non-hydrogen) atoms. The van der Waals surface area contributed by atoms with Gasteiger partial charge in [0, 0.05) is 22.6 Å². The maximum absolute atomic E-state index is 11.2. The lowest BCUT2D eigenvalue weighted by Gasteiger charge is -2.18. The maximum Gasteiger partial charge on any atom is 0.450 e. The minimum absolute atomic E-state index is 0.0704. The number of nitrogens with zero attached hydrogens (tertiary/aromatic N) is 2. The van der Waals surface area contributed by atoms with E-state index in [1.54, 1.807) is 6.66 Å². The van der Waals surface area contributed by atoms with Crippen LogP contribution in [-0.2, 0) is 4.79 Å². The fourth-order valence-electron chi connectivity index (χ4n) is 0.809. The number of rotatable bonds is 2. The van der Waals surface area contributed by atoms with Gasteiger partial charge in [0.2, 0.25) is 5.84 Å². The third-order valence-electron chi connectivity index (χ3n) is 1.29. The van der Waals surface area contributed by atoms with Crippen molar-refractivity contribution in [3.05, 3.63) is 0 Å². The monoisotopic (exact) mass is 314 g/mol. The van der Waals surface area contributed by atoms with Gasteiger partial charge in [-0.25, -0.2) is 14.3 Å². The second-order valence-corrected chi connectivity index (χ2v) is 3.96. The molecule has 0 aliphatic carbocycles. The summed E-state index contributed by atoms with van der Waals surface area (Å²) in [4.78, 5) is 36.4. The summed E-state index contributed by atoms with van der Waals surface area (Å²) >= 11 is 1.50. The van der Waals surface area contributed by atoms with Crippen LogP contribution in [0.15, 0.2) is 4.99 Å². The third-order valence-corrected chi connectivity index (χ3v) is 2.66. The van der Waals surface area contributed by atoms with Gasteiger partial charge in [0.15, 0.2) is 0 Å². The van der Waals surface area contributed by atoms with Crippen molar-refractivity contribution in [2.24, 2.45) is 4.99 Å². The molecule has 0 aromatic carbocycles.